The van der Waals surface area contributed by atoms with Crippen LogP contribution in [0.3, 0.4) is 0 Å². The van der Waals surface area contributed by atoms with Gasteiger partial charge in [0.05, 0.1) is 10.9 Å². The summed E-state index contributed by atoms with van der Waals surface area (Å²) in [6, 6.07) is 20.1. The van der Waals surface area contributed by atoms with Gasteiger partial charge in [-0.1, -0.05) is 93.5 Å². The maximum absolute atomic E-state index is 13.5. The minimum Gasteiger partial charge on any atom is -0.438 e. The molecule has 43 heavy (non-hydrogen) atoms. The molecule has 1 fully saturated rings. The second kappa shape index (κ2) is 14.2. The molecule has 0 unspecified atom stereocenters. The number of carbonyl (C=O) groups excluding carboxylic acids is 1. The predicted octanol–water partition coefficient (Wildman–Crippen LogP) is 6.54. The summed E-state index contributed by atoms with van der Waals surface area (Å²) in [5.74, 6) is 0. The second-order valence-electron chi connectivity index (χ2n) is 13.1. The highest BCUT2D eigenvalue weighted by molar-refractivity contribution is 7.85. The fraction of sp³-hybridized carbons (Fsp3) is 0.562. The Hall–Kier alpha value is -2.98. The van der Waals surface area contributed by atoms with Crippen molar-refractivity contribution < 1.29 is 18.2 Å². The summed E-state index contributed by atoms with van der Waals surface area (Å²) in [5, 5.41) is 5.60. The number of benzene rings is 2. The number of cyclic esters (lactones) is 1. The Morgan fingerprint density at radius 3 is 2.09 bits per heavy atom. The zero-order valence-corrected chi connectivity index (χ0v) is 28.6. The molecule has 1 aliphatic heterocycles. The molecule has 0 saturated carbocycles. The van der Waals surface area contributed by atoms with Crippen molar-refractivity contribution in [1.82, 2.24) is 4.90 Å². The molecule has 2 aromatic rings. The van der Waals surface area contributed by atoms with Gasteiger partial charge in [-0.05, 0) is 67.9 Å². The minimum atomic E-state index is -3.00. The minimum absolute atomic E-state index is 0.277. The monoisotopic (exact) mass is 625 g/mol. The number of unbranched alkanes of at least 4 members (excludes halogenated alkanes) is 1. The van der Waals surface area contributed by atoms with Gasteiger partial charge in [0.2, 0.25) is 0 Å². The van der Waals surface area contributed by atoms with E-state index in [1.54, 1.807) is 11.1 Å². The van der Waals surface area contributed by atoms with E-state index in [1.165, 1.54) is 0 Å². The average Bonchev–Trinajstić information content (AvgIpc) is 3.20. The van der Waals surface area contributed by atoms with Crippen LogP contribution in [0.5, 0.6) is 0 Å². The Kier molecular flexibility index (Phi) is 11.4. The first kappa shape index (κ1) is 34.5. The van der Waals surface area contributed by atoms with E-state index >= 15 is 0 Å². The third kappa shape index (κ3) is 7.57. The van der Waals surface area contributed by atoms with Gasteiger partial charge in [0, 0.05) is 24.2 Å². The van der Waals surface area contributed by atoms with Crippen LogP contribution in [-0.4, -0.2) is 65.3 Å². The van der Waals surface area contributed by atoms with Crippen molar-refractivity contribution in [2.24, 2.45) is 9.51 Å². The van der Waals surface area contributed by atoms with Crippen LogP contribution >= 0.6 is 0 Å². The maximum atomic E-state index is 13.5. The zero-order valence-electron chi connectivity index (χ0n) is 26.8. The normalized spacial score (nSPS) is 21.0. The lowest BCUT2D eigenvalue weighted by atomic mass is 9.89. The van der Waals surface area contributed by atoms with Crippen LogP contribution in [0, 0.1) is 0 Å². The van der Waals surface area contributed by atoms with Crippen LogP contribution in [0.1, 0.15) is 74.7 Å². The van der Waals surface area contributed by atoms with Crippen LogP contribution < -0.4 is 10.4 Å². The lowest BCUT2D eigenvalue weighted by Crippen LogP contribution is -2.70. The van der Waals surface area contributed by atoms with Gasteiger partial charge in [0.25, 0.3) is 8.32 Å². The van der Waals surface area contributed by atoms with Gasteiger partial charge in [-0.2, -0.15) is 4.40 Å². The van der Waals surface area contributed by atoms with E-state index in [-0.39, 0.29) is 5.04 Å². The molecule has 1 amide bonds. The summed E-state index contributed by atoms with van der Waals surface area (Å²) in [6.07, 6.45) is 2.47. The maximum Gasteiger partial charge on any atom is 0.411 e. The SMILES string of the molecule is CC[C@@H](O[Si](c1ccccc1)(c1ccccc1)C(C)(C)C)[C@@]1(C)OC(=O)N(CCCCN=[N+]=[N-])[C@@H]1C=N[S@](=O)C(C)(C)C. The van der Waals surface area contributed by atoms with Gasteiger partial charge in [-0.3, -0.25) is 4.90 Å². The van der Waals surface area contributed by atoms with Crippen LogP contribution in [0.25, 0.3) is 10.4 Å². The number of azide groups is 1. The number of amides is 1. The van der Waals surface area contributed by atoms with Crippen molar-refractivity contribution in [3.63, 3.8) is 0 Å². The van der Waals surface area contributed by atoms with Gasteiger partial charge in [-0.25, -0.2) is 9.00 Å². The fourth-order valence-electron chi connectivity index (χ4n) is 5.74. The molecule has 0 N–H and O–H groups in total. The summed E-state index contributed by atoms with van der Waals surface area (Å²) < 4.78 is 30.7. The molecular formula is C32H47N5O4SSi. The first-order valence-corrected chi connectivity index (χ1v) is 18.0. The molecular weight excluding hydrogens is 579 g/mol. The Balaban J connectivity index is 2.14. The van der Waals surface area contributed by atoms with Crippen molar-refractivity contribution in [3.05, 3.63) is 71.1 Å². The van der Waals surface area contributed by atoms with E-state index < -0.39 is 47.9 Å². The van der Waals surface area contributed by atoms with Gasteiger partial charge >= 0.3 is 6.09 Å². The molecule has 234 valence electrons. The second-order valence-corrected chi connectivity index (χ2v) is 19.3. The number of nitrogens with zero attached hydrogens (tertiary/aromatic N) is 5. The number of ether oxygens (including phenoxy) is 1. The molecule has 11 heteroatoms. The highest BCUT2D eigenvalue weighted by Crippen LogP contribution is 2.42. The molecule has 2 aromatic carbocycles. The Morgan fingerprint density at radius 1 is 1.07 bits per heavy atom. The molecule has 1 saturated heterocycles. The van der Waals surface area contributed by atoms with Crippen LogP contribution in [0.4, 0.5) is 4.79 Å². The van der Waals surface area contributed by atoms with Crippen molar-refractivity contribution in [2.75, 3.05) is 13.1 Å². The van der Waals surface area contributed by atoms with E-state index in [4.69, 9.17) is 14.7 Å². The molecule has 1 aliphatic rings. The van der Waals surface area contributed by atoms with E-state index in [0.717, 1.165) is 10.4 Å². The lowest BCUT2D eigenvalue weighted by molar-refractivity contribution is -0.0405. The Morgan fingerprint density at radius 2 is 1.63 bits per heavy atom. The molecule has 9 nitrogen and oxygen atoms in total. The summed E-state index contributed by atoms with van der Waals surface area (Å²) in [7, 11) is -4.52. The topological polar surface area (TPSA) is 117 Å². The molecule has 4 atom stereocenters. The van der Waals surface area contributed by atoms with Gasteiger partial charge < -0.3 is 9.16 Å². The summed E-state index contributed by atoms with van der Waals surface area (Å²) in [6.45, 7) is 16.9. The van der Waals surface area contributed by atoms with Gasteiger partial charge in [-0.15, -0.1) is 0 Å². The standard InChI is InChI=1S/C32H47N5O4SSi/c1-9-28(41-43(31(5,6)7,25-18-12-10-13-19-25)26-20-14-11-15-21-26)32(8)27(24-35-42(39)30(2,3)4)37(29(38)40-32)23-17-16-22-34-36-33/h10-15,18-21,24,27-28H,9,16-17,22-23H2,1-8H3/t27-,28-,32+,42-/m1/s1. The summed E-state index contributed by atoms with van der Waals surface area (Å²) in [5.41, 5.74) is 7.52. The van der Waals surface area contributed by atoms with E-state index in [1.807, 2.05) is 71.0 Å². The van der Waals surface area contributed by atoms with Crippen LogP contribution in [-0.2, 0) is 20.1 Å². The Bertz CT molecular complexity index is 1280. The number of carbonyl (C=O) groups is 1. The summed E-state index contributed by atoms with van der Waals surface area (Å²) >= 11 is 0. The number of rotatable bonds is 13. The summed E-state index contributed by atoms with van der Waals surface area (Å²) in [4.78, 5) is 18.0. The highest BCUT2D eigenvalue weighted by atomic mass is 32.2. The molecule has 0 spiro atoms. The van der Waals surface area contributed by atoms with E-state index in [0.29, 0.717) is 32.4 Å². The molecule has 0 radical (unpaired) electrons. The highest BCUT2D eigenvalue weighted by Gasteiger charge is 2.59. The molecule has 0 bridgehead atoms. The van der Waals surface area contributed by atoms with Crippen LogP contribution in [0.15, 0.2) is 70.2 Å². The largest absolute Gasteiger partial charge is 0.438 e. The van der Waals surface area contributed by atoms with Gasteiger partial charge in [0.15, 0.2) is 5.60 Å². The number of hydrogen-bond acceptors (Lipinski definition) is 5. The van der Waals surface area contributed by atoms with Crippen molar-refractivity contribution in [1.29, 1.82) is 0 Å². The third-order valence-electron chi connectivity index (χ3n) is 8.00. The van der Waals surface area contributed by atoms with E-state index in [9.17, 15) is 9.00 Å². The first-order valence-electron chi connectivity index (χ1n) is 15.0. The molecule has 1 heterocycles. The number of hydrogen-bond donors (Lipinski definition) is 0. The van der Waals surface area contributed by atoms with Crippen molar-refractivity contribution in [3.8, 4) is 0 Å². The molecule has 0 aromatic heterocycles. The first-order chi connectivity index (χ1) is 20.2. The third-order valence-corrected chi connectivity index (χ3v) is 14.4. The van der Waals surface area contributed by atoms with Crippen molar-refractivity contribution >= 4 is 42.0 Å². The average molecular weight is 626 g/mol. The quantitative estimate of drug-likeness (QED) is 0.0627. The van der Waals surface area contributed by atoms with Gasteiger partial charge in [0.1, 0.15) is 17.0 Å². The zero-order chi connectivity index (χ0) is 31.9. The molecule has 3 rings (SSSR count). The van der Waals surface area contributed by atoms with Crippen LogP contribution in [0.2, 0.25) is 5.04 Å². The Labute approximate surface area is 260 Å². The molecule has 0 aliphatic carbocycles. The lowest BCUT2D eigenvalue weighted by Gasteiger charge is -2.48. The fourth-order valence-corrected chi connectivity index (χ4v) is 11.1. The predicted molar refractivity (Wildman–Crippen MR) is 178 cm³/mol. The van der Waals surface area contributed by atoms with Crippen molar-refractivity contribution in [2.45, 2.75) is 102 Å². The smallest absolute Gasteiger partial charge is 0.411 e. The van der Waals surface area contributed by atoms with E-state index in [2.05, 4.69) is 59.5 Å².